The Labute approximate surface area is 131 Å². The number of halogens is 1. The molecule has 110 valence electrons. The van der Waals surface area contributed by atoms with Gasteiger partial charge in [-0.05, 0) is 48.5 Å². The van der Waals surface area contributed by atoms with Gasteiger partial charge in [-0.15, -0.1) is 0 Å². The molecule has 0 atom stereocenters. The van der Waals surface area contributed by atoms with Gasteiger partial charge >= 0.3 is 5.97 Å². The third kappa shape index (κ3) is 2.49. The van der Waals surface area contributed by atoms with E-state index < -0.39 is 5.97 Å². The number of aromatic nitrogens is 1. The van der Waals surface area contributed by atoms with Crippen LogP contribution in [-0.2, 0) is 4.74 Å². The first-order valence-corrected chi connectivity index (χ1v) is 6.97. The molecule has 0 unspecified atom stereocenters. The Morgan fingerprint density at radius 3 is 2.45 bits per heavy atom. The van der Waals surface area contributed by atoms with E-state index in [4.69, 9.17) is 16.3 Å². The van der Waals surface area contributed by atoms with E-state index in [0.29, 0.717) is 21.8 Å². The van der Waals surface area contributed by atoms with E-state index in [0.717, 1.165) is 5.52 Å². The largest absolute Gasteiger partial charge is 0.465 e. The monoisotopic (exact) mass is 313 g/mol. The van der Waals surface area contributed by atoms with Crippen molar-refractivity contribution in [2.45, 2.75) is 0 Å². The SMILES string of the molecule is COC(=O)c1cc(C(=O)c2ccc(Cl)cc2)n2cccc2c1. The van der Waals surface area contributed by atoms with Crippen molar-refractivity contribution < 1.29 is 14.3 Å². The molecule has 1 aromatic carbocycles. The van der Waals surface area contributed by atoms with Crippen LogP contribution in [0.1, 0.15) is 26.4 Å². The number of benzene rings is 1. The Hall–Kier alpha value is -2.59. The number of esters is 1. The molecule has 0 N–H and O–H groups in total. The second-order valence-electron chi connectivity index (χ2n) is 4.76. The van der Waals surface area contributed by atoms with Crippen molar-refractivity contribution in [3.05, 3.63) is 76.6 Å². The number of ketones is 1. The highest BCUT2D eigenvalue weighted by Crippen LogP contribution is 2.18. The van der Waals surface area contributed by atoms with Crippen LogP contribution < -0.4 is 0 Å². The highest BCUT2D eigenvalue weighted by atomic mass is 35.5. The predicted molar refractivity (Wildman–Crippen MR) is 83.6 cm³/mol. The molecular weight excluding hydrogens is 302 g/mol. The number of methoxy groups -OCH3 is 1. The van der Waals surface area contributed by atoms with Gasteiger partial charge in [-0.25, -0.2) is 4.79 Å². The maximum atomic E-state index is 12.7. The summed E-state index contributed by atoms with van der Waals surface area (Å²) in [4.78, 5) is 24.5. The van der Waals surface area contributed by atoms with Gasteiger partial charge in [0, 0.05) is 22.3 Å². The summed E-state index contributed by atoms with van der Waals surface area (Å²) in [5, 5.41) is 0.561. The number of pyridine rings is 1. The molecule has 0 spiro atoms. The Bertz CT molecular complexity index is 865. The Morgan fingerprint density at radius 2 is 1.77 bits per heavy atom. The van der Waals surface area contributed by atoms with Crippen molar-refractivity contribution in [3.63, 3.8) is 0 Å². The standard InChI is InChI=1S/C17H12ClNO3/c1-22-17(21)12-9-14-3-2-8-19(14)15(10-12)16(20)11-4-6-13(18)7-5-11/h2-10H,1H3. The normalized spacial score (nSPS) is 10.6. The van der Waals surface area contributed by atoms with Gasteiger partial charge < -0.3 is 9.14 Å². The van der Waals surface area contributed by atoms with Crippen LogP contribution in [0.15, 0.2) is 54.7 Å². The van der Waals surface area contributed by atoms with Gasteiger partial charge in [0.25, 0.3) is 0 Å². The second-order valence-corrected chi connectivity index (χ2v) is 5.20. The molecule has 0 amide bonds. The average molecular weight is 314 g/mol. The van der Waals surface area contributed by atoms with Crippen molar-refractivity contribution in [3.8, 4) is 0 Å². The quantitative estimate of drug-likeness (QED) is 0.548. The van der Waals surface area contributed by atoms with Gasteiger partial charge in [-0.2, -0.15) is 0 Å². The van der Waals surface area contributed by atoms with Gasteiger partial charge in [0.1, 0.15) is 0 Å². The first-order valence-electron chi connectivity index (χ1n) is 6.60. The fraction of sp³-hybridized carbons (Fsp3) is 0.0588. The Morgan fingerprint density at radius 1 is 1.05 bits per heavy atom. The number of carbonyl (C=O) groups is 2. The molecule has 3 aromatic rings. The topological polar surface area (TPSA) is 47.8 Å². The van der Waals surface area contributed by atoms with Crippen molar-refractivity contribution in [2.75, 3.05) is 7.11 Å². The van der Waals surface area contributed by atoms with Crippen LogP contribution >= 0.6 is 11.6 Å². The van der Waals surface area contributed by atoms with Crippen molar-refractivity contribution >= 4 is 28.9 Å². The smallest absolute Gasteiger partial charge is 0.338 e. The minimum Gasteiger partial charge on any atom is -0.465 e. The summed E-state index contributed by atoms with van der Waals surface area (Å²) in [6, 6.07) is 13.5. The lowest BCUT2D eigenvalue weighted by Crippen LogP contribution is -2.11. The Kier molecular flexibility index (Phi) is 3.69. The minimum absolute atomic E-state index is 0.191. The van der Waals surface area contributed by atoms with Crippen LogP contribution in [0.25, 0.3) is 5.52 Å². The number of hydrogen-bond donors (Lipinski definition) is 0. The lowest BCUT2D eigenvalue weighted by molar-refractivity contribution is 0.0600. The molecule has 0 aliphatic heterocycles. The lowest BCUT2D eigenvalue weighted by atomic mass is 10.1. The number of ether oxygens (including phenoxy) is 1. The molecule has 2 heterocycles. The number of fused-ring (bicyclic) bond motifs is 1. The molecule has 5 heteroatoms. The predicted octanol–water partition coefficient (Wildman–Crippen LogP) is 3.61. The maximum absolute atomic E-state index is 12.7. The molecule has 0 bridgehead atoms. The molecule has 4 nitrogen and oxygen atoms in total. The van der Waals surface area contributed by atoms with E-state index in [1.165, 1.54) is 13.2 Å². The highest BCUT2D eigenvalue weighted by Gasteiger charge is 2.17. The summed E-state index contributed by atoms with van der Waals surface area (Å²) in [5.74, 6) is -0.669. The van der Waals surface area contributed by atoms with E-state index in [1.54, 1.807) is 40.9 Å². The number of rotatable bonds is 3. The number of nitrogens with zero attached hydrogens (tertiary/aromatic N) is 1. The molecule has 0 radical (unpaired) electrons. The number of carbonyl (C=O) groups excluding carboxylic acids is 2. The summed E-state index contributed by atoms with van der Waals surface area (Å²) in [6.07, 6.45) is 1.78. The number of hydrogen-bond acceptors (Lipinski definition) is 3. The van der Waals surface area contributed by atoms with E-state index in [2.05, 4.69) is 0 Å². The highest BCUT2D eigenvalue weighted by molar-refractivity contribution is 6.30. The zero-order valence-corrected chi connectivity index (χ0v) is 12.5. The van der Waals surface area contributed by atoms with Crippen LogP contribution in [-0.4, -0.2) is 23.3 Å². The molecule has 22 heavy (non-hydrogen) atoms. The third-order valence-electron chi connectivity index (χ3n) is 3.40. The van der Waals surface area contributed by atoms with E-state index in [-0.39, 0.29) is 5.78 Å². The molecule has 0 saturated carbocycles. The molecular formula is C17H12ClNO3. The second kappa shape index (κ2) is 5.66. The molecule has 0 fully saturated rings. The molecule has 0 aliphatic carbocycles. The maximum Gasteiger partial charge on any atom is 0.338 e. The van der Waals surface area contributed by atoms with Crippen LogP contribution in [0.3, 0.4) is 0 Å². The van der Waals surface area contributed by atoms with Crippen LogP contribution in [0, 0.1) is 0 Å². The van der Waals surface area contributed by atoms with E-state index in [9.17, 15) is 9.59 Å². The summed E-state index contributed by atoms with van der Waals surface area (Å²) in [7, 11) is 1.31. The lowest BCUT2D eigenvalue weighted by Gasteiger charge is -2.08. The summed E-state index contributed by atoms with van der Waals surface area (Å²) in [5.41, 5.74) is 1.98. The van der Waals surface area contributed by atoms with Gasteiger partial charge in [0.2, 0.25) is 5.78 Å². The first kappa shape index (κ1) is 14.4. The zero-order chi connectivity index (χ0) is 15.7. The fourth-order valence-corrected chi connectivity index (χ4v) is 2.43. The molecule has 0 aliphatic rings. The van der Waals surface area contributed by atoms with Crippen molar-refractivity contribution in [2.24, 2.45) is 0 Å². The van der Waals surface area contributed by atoms with Gasteiger partial charge in [0.15, 0.2) is 0 Å². The summed E-state index contributed by atoms with van der Waals surface area (Å²) < 4.78 is 6.48. The average Bonchev–Trinajstić information content (AvgIpc) is 3.01. The van der Waals surface area contributed by atoms with Gasteiger partial charge in [0.05, 0.1) is 18.4 Å². The van der Waals surface area contributed by atoms with Crippen LogP contribution in [0.4, 0.5) is 0 Å². The molecule has 0 saturated heterocycles. The van der Waals surface area contributed by atoms with Gasteiger partial charge in [-0.3, -0.25) is 4.79 Å². The third-order valence-corrected chi connectivity index (χ3v) is 3.65. The molecule has 2 aromatic heterocycles. The first-order chi connectivity index (χ1) is 10.6. The Balaban J connectivity index is 2.16. The van der Waals surface area contributed by atoms with Crippen molar-refractivity contribution in [1.29, 1.82) is 0 Å². The van der Waals surface area contributed by atoms with Crippen molar-refractivity contribution in [1.82, 2.24) is 4.40 Å². The fourth-order valence-electron chi connectivity index (χ4n) is 2.31. The van der Waals surface area contributed by atoms with Crippen LogP contribution in [0.2, 0.25) is 5.02 Å². The van der Waals surface area contributed by atoms with E-state index >= 15 is 0 Å². The molecule has 3 rings (SSSR count). The van der Waals surface area contributed by atoms with E-state index in [1.807, 2.05) is 12.1 Å². The van der Waals surface area contributed by atoms with Gasteiger partial charge in [-0.1, -0.05) is 11.6 Å². The zero-order valence-electron chi connectivity index (χ0n) is 11.7. The summed E-state index contributed by atoms with van der Waals surface area (Å²) in [6.45, 7) is 0. The minimum atomic E-state index is -0.478. The van der Waals surface area contributed by atoms with Crippen LogP contribution in [0.5, 0.6) is 0 Å². The summed E-state index contributed by atoms with van der Waals surface area (Å²) >= 11 is 5.85.